The van der Waals surface area contributed by atoms with E-state index in [1.807, 2.05) is 18.2 Å². The largest absolute Gasteiger partial charge is 0.387 e. The second-order valence-electron chi connectivity index (χ2n) is 6.66. The van der Waals surface area contributed by atoms with Crippen molar-refractivity contribution in [3.05, 3.63) is 45.0 Å². The van der Waals surface area contributed by atoms with Crippen molar-refractivity contribution >= 4 is 57.1 Å². The number of imidazole rings is 1. The van der Waals surface area contributed by atoms with Gasteiger partial charge < -0.3 is 25.6 Å². The van der Waals surface area contributed by atoms with Crippen molar-refractivity contribution in [3.63, 3.8) is 0 Å². The molecule has 0 radical (unpaired) electrons. The predicted octanol–water partition coefficient (Wildman–Crippen LogP) is 1.06. The number of halogens is 2. The molecule has 3 heterocycles. The number of anilines is 1. The number of benzene rings is 1. The maximum Gasteiger partial charge on any atom is 0.251 e. The van der Waals surface area contributed by atoms with Gasteiger partial charge in [0.15, 0.2) is 29.3 Å². The van der Waals surface area contributed by atoms with Gasteiger partial charge in [-0.05, 0) is 34.2 Å². The van der Waals surface area contributed by atoms with Gasteiger partial charge >= 0.3 is 0 Å². The van der Waals surface area contributed by atoms with Crippen molar-refractivity contribution in [3.8, 4) is 0 Å². The molecule has 1 aliphatic rings. The van der Waals surface area contributed by atoms with Crippen LogP contribution in [-0.2, 0) is 16.1 Å². The minimum Gasteiger partial charge on any atom is -0.387 e. The topological polar surface area (TPSA) is 134 Å². The first-order valence-electron chi connectivity index (χ1n) is 9.00. The molecule has 0 aliphatic carbocycles. The molecule has 158 valence electrons. The molecule has 4 atom stereocenters. The van der Waals surface area contributed by atoms with Gasteiger partial charge in [-0.15, -0.1) is 0 Å². The number of likely N-dealkylation sites (N-methyl/N-ethyl adjacent to an activating group) is 1. The van der Waals surface area contributed by atoms with Gasteiger partial charge in [-0.2, -0.15) is 0 Å². The van der Waals surface area contributed by atoms with E-state index in [4.69, 9.17) is 16.3 Å². The normalized spacial score (nSPS) is 23.6. The summed E-state index contributed by atoms with van der Waals surface area (Å²) in [5, 5.41) is 26.9. The predicted molar refractivity (Wildman–Crippen MR) is 117 cm³/mol. The molecule has 3 aromatic rings. The fourth-order valence-corrected chi connectivity index (χ4v) is 4.03. The molecule has 2 aromatic heterocycles. The summed E-state index contributed by atoms with van der Waals surface area (Å²) in [5.41, 5.74) is 1.74. The van der Waals surface area contributed by atoms with Crippen LogP contribution in [0.25, 0.3) is 11.2 Å². The molecule has 4 N–H and O–H groups in total. The number of aliphatic hydroxyl groups is 2. The highest BCUT2D eigenvalue weighted by Gasteiger charge is 2.47. The average Bonchev–Trinajstić information content (AvgIpc) is 3.30. The van der Waals surface area contributed by atoms with Gasteiger partial charge in [-0.3, -0.25) is 9.36 Å². The van der Waals surface area contributed by atoms with Gasteiger partial charge in [0, 0.05) is 17.2 Å². The summed E-state index contributed by atoms with van der Waals surface area (Å²) in [7, 11) is 1.43. The maximum atomic E-state index is 11.9. The number of hydrogen-bond acceptors (Lipinski definition) is 8. The number of fused-ring (bicyclic) bond motifs is 1. The third kappa shape index (κ3) is 3.71. The van der Waals surface area contributed by atoms with Crippen molar-refractivity contribution in [1.82, 2.24) is 24.8 Å². The highest BCUT2D eigenvalue weighted by atomic mass is 127. The van der Waals surface area contributed by atoms with Crippen LogP contribution in [-0.4, -0.2) is 61.0 Å². The minimum absolute atomic E-state index is 0.384. The van der Waals surface area contributed by atoms with Gasteiger partial charge in [-0.1, -0.05) is 23.7 Å². The Morgan fingerprint density at radius 3 is 2.87 bits per heavy atom. The van der Waals surface area contributed by atoms with Crippen molar-refractivity contribution in [2.45, 2.75) is 31.1 Å². The third-order valence-corrected chi connectivity index (χ3v) is 6.52. The van der Waals surface area contributed by atoms with Crippen molar-refractivity contribution < 1.29 is 19.7 Å². The van der Waals surface area contributed by atoms with Gasteiger partial charge in [-0.25, -0.2) is 15.0 Å². The number of ether oxygens (including phenoxy) is 1. The Labute approximate surface area is 189 Å². The van der Waals surface area contributed by atoms with Crippen LogP contribution >= 0.6 is 34.2 Å². The quantitative estimate of drug-likeness (QED) is 0.351. The number of amides is 1. The molecule has 1 saturated heterocycles. The van der Waals surface area contributed by atoms with Crippen molar-refractivity contribution in [2.75, 3.05) is 12.4 Å². The number of rotatable bonds is 5. The van der Waals surface area contributed by atoms with Crippen molar-refractivity contribution in [2.24, 2.45) is 0 Å². The van der Waals surface area contributed by atoms with E-state index in [1.165, 1.54) is 24.3 Å². The van der Waals surface area contributed by atoms with E-state index < -0.39 is 30.4 Å². The van der Waals surface area contributed by atoms with Gasteiger partial charge in [0.05, 0.1) is 11.3 Å². The smallest absolute Gasteiger partial charge is 0.251 e. The Morgan fingerprint density at radius 1 is 1.30 bits per heavy atom. The standard InChI is InChI=1S/C18H18ClIN6O4/c1-21-17(29)14-12(27)13(28)18(30-14)26-7-25-11-15(23-6-24-16(11)26)22-5-8-3-2-4-9(20)10(8)19/h2-4,6-7,12-14,18,27-28H,5H2,1H3,(H,21,29)(H,22,23,24)/t12-,13+,14-,18?/m0/s1. The molecule has 1 aliphatic heterocycles. The molecule has 1 unspecified atom stereocenters. The zero-order valence-corrected chi connectivity index (χ0v) is 18.6. The van der Waals surface area contributed by atoms with Crippen LogP contribution in [0, 0.1) is 3.57 Å². The van der Waals surface area contributed by atoms with Crippen LogP contribution in [0.1, 0.15) is 11.8 Å². The van der Waals surface area contributed by atoms with E-state index in [0.717, 1.165) is 9.13 Å². The summed E-state index contributed by atoms with van der Waals surface area (Å²) in [6.07, 6.45) is -2.16. The van der Waals surface area contributed by atoms with Crippen LogP contribution in [0.5, 0.6) is 0 Å². The summed E-state index contributed by atoms with van der Waals surface area (Å²) in [6.45, 7) is 0.425. The monoisotopic (exact) mass is 544 g/mol. The van der Waals surface area contributed by atoms with E-state index in [-0.39, 0.29) is 0 Å². The molecule has 12 heteroatoms. The second kappa shape index (κ2) is 8.59. The number of aromatic nitrogens is 4. The van der Waals surface area contributed by atoms with E-state index >= 15 is 0 Å². The fraction of sp³-hybridized carbons (Fsp3) is 0.333. The number of aliphatic hydroxyl groups excluding tert-OH is 2. The highest BCUT2D eigenvalue weighted by Crippen LogP contribution is 2.32. The molecule has 1 amide bonds. The lowest BCUT2D eigenvalue weighted by molar-refractivity contribution is -0.137. The van der Waals surface area contributed by atoms with Crippen LogP contribution in [0.2, 0.25) is 5.02 Å². The third-order valence-electron chi connectivity index (χ3n) is 4.85. The summed E-state index contributed by atoms with van der Waals surface area (Å²) in [5.74, 6) is -0.0515. The van der Waals surface area contributed by atoms with Crippen LogP contribution in [0.4, 0.5) is 5.82 Å². The molecule has 4 rings (SSSR count). The summed E-state index contributed by atoms with van der Waals surface area (Å²) >= 11 is 8.52. The number of nitrogens with zero attached hydrogens (tertiary/aromatic N) is 4. The molecule has 1 aromatic carbocycles. The lowest BCUT2D eigenvalue weighted by atomic mass is 10.1. The number of nitrogens with one attached hydrogen (secondary N) is 2. The maximum absolute atomic E-state index is 11.9. The van der Waals surface area contributed by atoms with Gasteiger partial charge in [0.25, 0.3) is 5.91 Å². The zero-order chi connectivity index (χ0) is 21.4. The lowest BCUT2D eigenvalue weighted by Crippen LogP contribution is -2.41. The molecule has 0 bridgehead atoms. The Kier molecular flexibility index (Phi) is 6.06. The van der Waals surface area contributed by atoms with E-state index in [9.17, 15) is 15.0 Å². The molecule has 1 fully saturated rings. The summed E-state index contributed by atoms with van der Waals surface area (Å²) < 4.78 is 8.02. The fourth-order valence-electron chi connectivity index (χ4n) is 3.28. The van der Waals surface area contributed by atoms with E-state index in [1.54, 1.807) is 0 Å². The summed E-state index contributed by atoms with van der Waals surface area (Å²) in [4.78, 5) is 24.7. The average molecular weight is 545 g/mol. The SMILES string of the molecule is CNC(=O)[C@H]1OC(n2cnc3c(NCc4cccc(I)c4Cl)ncnc32)[C@H](O)[C@@H]1O. The van der Waals surface area contributed by atoms with Crippen LogP contribution in [0.15, 0.2) is 30.9 Å². The van der Waals surface area contributed by atoms with Crippen molar-refractivity contribution in [1.29, 1.82) is 0 Å². The first kappa shape index (κ1) is 21.2. The Balaban J connectivity index is 1.61. The zero-order valence-electron chi connectivity index (χ0n) is 15.7. The molecule has 30 heavy (non-hydrogen) atoms. The van der Waals surface area contributed by atoms with Gasteiger partial charge in [0.2, 0.25) is 0 Å². The Morgan fingerprint density at radius 2 is 2.10 bits per heavy atom. The number of carbonyl (C=O) groups is 1. The first-order valence-corrected chi connectivity index (χ1v) is 10.5. The van der Waals surface area contributed by atoms with Crippen LogP contribution < -0.4 is 10.6 Å². The Bertz CT molecular complexity index is 1100. The summed E-state index contributed by atoms with van der Waals surface area (Å²) in [6, 6.07) is 5.75. The lowest BCUT2D eigenvalue weighted by Gasteiger charge is -2.16. The van der Waals surface area contributed by atoms with E-state index in [2.05, 4.69) is 48.2 Å². The molecule has 0 spiro atoms. The molecular formula is C18H18ClIN6O4. The van der Waals surface area contributed by atoms with Crippen LogP contribution in [0.3, 0.4) is 0 Å². The second-order valence-corrected chi connectivity index (χ2v) is 8.20. The molecular weight excluding hydrogens is 527 g/mol. The Hall–Kier alpha value is -2.06. The molecule has 0 saturated carbocycles. The van der Waals surface area contributed by atoms with E-state index in [0.29, 0.717) is 28.5 Å². The highest BCUT2D eigenvalue weighted by molar-refractivity contribution is 14.1. The number of carbonyl (C=O) groups excluding carboxylic acids is 1. The number of hydrogen-bond donors (Lipinski definition) is 4. The molecule has 10 nitrogen and oxygen atoms in total. The first-order chi connectivity index (χ1) is 14.4. The van der Waals surface area contributed by atoms with Gasteiger partial charge in [0.1, 0.15) is 18.5 Å². The minimum atomic E-state index is -1.38.